The quantitative estimate of drug-likeness (QED) is 0.681. The number of hydrogen-bond acceptors (Lipinski definition) is 5. The van der Waals surface area contributed by atoms with E-state index >= 15 is 0 Å². The van der Waals surface area contributed by atoms with Crippen LogP contribution in [0, 0.1) is 0 Å². The third kappa shape index (κ3) is 3.52. The van der Waals surface area contributed by atoms with Gasteiger partial charge in [0.2, 0.25) is 0 Å². The molecule has 6 nitrogen and oxygen atoms in total. The molecule has 158 valence electrons. The van der Waals surface area contributed by atoms with Gasteiger partial charge in [-0.2, -0.15) is 0 Å². The Morgan fingerprint density at radius 3 is 2.32 bits per heavy atom. The second-order valence-electron chi connectivity index (χ2n) is 8.06. The minimum atomic E-state index is -0.392. The molecule has 2 unspecified atom stereocenters. The summed E-state index contributed by atoms with van der Waals surface area (Å²) in [6.45, 7) is 2.50. The highest BCUT2D eigenvalue weighted by molar-refractivity contribution is 6.09. The Labute approximate surface area is 180 Å². The molecule has 3 aromatic carbocycles. The minimum absolute atomic E-state index is 0.0500. The van der Waals surface area contributed by atoms with Gasteiger partial charge in [-0.15, -0.1) is 0 Å². The zero-order valence-corrected chi connectivity index (χ0v) is 17.5. The van der Waals surface area contributed by atoms with Crippen LogP contribution in [0.25, 0.3) is 10.8 Å². The highest BCUT2D eigenvalue weighted by atomic mass is 16.5. The van der Waals surface area contributed by atoms with Crippen molar-refractivity contribution in [3.8, 4) is 11.5 Å². The first kappa shape index (κ1) is 19.5. The van der Waals surface area contributed by atoms with Crippen LogP contribution in [0.15, 0.2) is 58.5 Å². The smallest absolute Gasteiger partial charge is 0.261 e. The molecule has 0 spiro atoms. The van der Waals surface area contributed by atoms with Crippen LogP contribution >= 0.6 is 0 Å². The number of benzene rings is 3. The molecular weight excluding hydrogens is 390 g/mol. The molecule has 0 aromatic heterocycles. The summed E-state index contributed by atoms with van der Waals surface area (Å²) < 4.78 is 5.46. The number of nitrogens with one attached hydrogen (secondary N) is 1. The monoisotopic (exact) mass is 415 g/mol. The van der Waals surface area contributed by atoms with Crippen molar-refractivity contribution < 1.29 is 14.6 Å². The molecule has 2 atom stereocenters. The summed E-state index contributed by atoms with van der Waals surface area (Å²) in [5.41, 5.74) is 0.813. The van der Waals surface area contributed by atoms with Crippen molar-refractivity contribution in [3.05, 3.63) is 64.8 Å². The van der Waals surface area contributed by atoms with Crippen LogP contribution < -0.4 is 20.8 Å². The summed E-state index contributed by atoms with van der Waals surface area (Å²) in [4.78, 5) is 23.3. The van der Waals surface area contributed by atoms with Crippen molar-refractivity contribution in [2.45, 2.75) is 44.7 Å². The van der Waals surface area contributed by atoms with E-state index in [1.165, 1.54) is 0 Å². The van der Waals surface area contributed by atoms with Gasteiger partial charge in [0.1, 0.15) is 22.4 Å². The van der Waals surface area contributed by atoms with E-state index in [9.17, 15) is 9.90 Å². The van der Waals surface area contributed by atoms with Gasteiger partial charge in [-0.05, 0) is 44.0 Å². The number of ether oxygens (including phenoxy) is 1. The van der Waals surface area contributed by atoms with Gasteiger partial charge in [0.05, 0.1) is 24.0 Å². The third-order valence-electron chi connectivity index (χ3n) is 6.07. The van der Waals surface area contributed by atoms with Crippen LogP contribution in [0.4, 0.5) is 5.69 Å². The van der Waals surface area contributed by atoms with Gasteiger partial charge in [0.25, 0.3) is 5.91 Å². The molecule has 1 heterocycles. The summed E-state index contributed by atoms with van der Waals surface area (Å²) in [5.74, 6) is 0.298. The lowest BCUT2D eigenvalue weighted by Gasteiger charge is -2.28. The fourth-order valence-corrected chi connectivity index (χ4v) is 4.58. The Hall–Kier alpha value is -3.41. The maximum absolute atomic E-state index is 13.3. The molecular formula is C25H25N3O3. The maximum Gasteiger partial charge on any atom is 0.261 e. The van der Waals surface area contributed by atoms with E-state index in [0.717, 1.165) is 36.8 Å². The molecule has 2 aliphatic rings. The number of hydrogen-bond donors (Lipinski definition) is 2. The summed E-state index contributed by atoms with van der Waals surface area (Å²) in [7, 11) is 0. The average Bonchev–Trinajstić information content (AvgIpc) is 2.80. The number of carbonyl (C=O) groups excluding carboxylic acids is 1. The van der Waals surface area contributed by atoms with Crippen LogP contribution in [-0.4, -0.2) is 29.7 Å². The number of anilines is 1. The van der Waals surface area contributed by atoms with Gasteiger partial charge in [-0.3, -0.25) is 14.8 Å². The first-order chi connectivity index (χ1) is 15.2. The number of phenolic OH excluding ortho intramolecular Hbond substituents is 1. The molecule has 2 N–H and O–H groups in total. The van der Waals surface area contributed by atoms with E-state index in [2.05, 4.69) is 5.32 Å². The van der Waals surface area contributed by atoms with E-state index in [1.807, 2.05) is 31.2 Å². The number of fused-ring (bicyclic) bond motifs is 4. The zero-order chi connectivity index (χ0) is 21.4. The standard InChI is InChI=1S/C25H25N3O3/c1-2-31-16-13-11-15(12-14-16)26-25(30)21-23-22(17-7-3-4-8-18(17)24(21)29)27-19-9-5-6-10-20(19)28-23/h3-4,7-8,11-14,19-20,29H,2,5-6,9-10H2,1H3,(H,26,30). The zero-order valence-electron chi connectivity index (χ0n) is 17.5. The molecule has 6 heteroatoms. The first-order valence-electron chi connectivity index (χ1n) is 10.9. The Balaban J connectivity index is 1.63. The van der Waals surface area contributed by atoms with Gasteiger partial charge in [0.15, 0.2) is 0 Å². The van der Waals surface area contributed by atoms with Crippen LogP contribution in [-0.2, 0) is 0 Å². The topological polar surface area (TPSA) is 83.3 Å². The van der Waals surface area contributed by atoms with E-state index in [0.29, 0.717) is 28.4 Å². The largest absolute Gasteiger partial charge is 0.506 e. The van der Waals surface area contributed by atoms with Gasteiger partial charge in [0, 0.05) is 16.5 Å². The molecule has 1 aliphatic heterocycles. The number of amides is 1. The number of phenols is 1. The molecule has 31 heavy (non-hydrogen) atoms. The maximum atomic E-state index is 13.3. The van der Waals surface area contributed by atoms with Gasteiger partial charge >= 0.3 is 0 Å². The Morgan fingerprint density at radius 1 is 1.00 bits per heavy atom. The number of nitrogens with zero attached hydrogens (tertiary/aromatic N) is 2. The van der Waals surface area contributed by atoms with Crippen LogP contribution in [0.3, 0.4) is 0 Å². The SMILES string of the molecule is CCOc1ccc(NC(=O)c2c(O)c3ccccc3c3c2=NC2CCCCC2N=3)cc1. The summed E-state index contributed by atoms with van der Waals surface area (Å²) >= 11 is 0. The molecule has 1 aliphatic carbocycles. The fraction of sp³-hybridized carbons (Fsp3) is 0.320. The number of carbonyl (C=O) groups is 1. The summed E-state index contributed by atoms with van der Waals surface area (Å²) in [6, 6.07) is 14.9. The molecule has 3 aromatic rings. The molecule has 1 saturated carbocycles. The Morgan fingerprint density at radius 2 is 1.65 bits per heavy atom. The predicted molar refractivity (Wildman–Crippen MR) is 120 cm³/mol. The van der Waals surface area contributed by atoms with Crippen LogP contribution in [0.2, 0.25) is 0 Å². The first-order valence-corrected chi connectivity index (χ1v) is 10.9. The summed E-state index contributed by atoms with van der Waals surface area (Å²) in [5, 5.41) is 16.6. The van der Waals surface area contributed by atoms with E-state index < -0.39 is 5.91 Å². The number of aromatic hydroxyl groups is 1. The van der Waals surface area contributed by atoms with Gasteiger partial charge in [-0.25, -0.2) is 0 Å². The molecule has 0 saturated heterocycles. The van der Waals surface area contributed by atoms with Crippen molar-refractivity contribution in [1.29, 1.82) is 0 Å². The lowest BCUT2D eigenvalue weighted by molar-refractivity contribution is 0.102. The predicted octanol–water partition coefficient (Wildman–Crippen LogP) is 3.76. The fourth-order valence-electron chi connectivity index (χ4n) is 4.58. The lowest BCUT2D eigenvalue weighted by Crippen LogP contribution is -2.44. The minimum Gasteiger partial charge on any atom is -0.506 e. The van der Waals surface area contributed by atoms with E-state index in [-0.39, 0.29) is 23.4 Å². The number of rotatable bonds is 4. The Kier molecular flexibility index (Phi) is 5.06. The lowest BCUT2D eigenvalue weighted by atomic mass is 9.89. The van der Waals surface area contributed by atoms with Crippen molar-refractivity contribution in [1.82, 2.24) is 0 Å². The molecule has 5 rings (SSSR count). The molecule has 1 amide bonds. The van der Waals surface area contributed by atoms with Crippen molar-refractivity contribution in [2.24, 2.45) is 9.98 Å². The van der Waals surface area contributed by atoms with Crippen molar-refractivity contribution >= 4 is 22.4 Å². The highest BCUT2D eigenvalue weighted by Gasteiger charge is 2.29. The van der Waals surface area contributed by atoms with Gasteiger partial charge < -0.3 is 15.2 Å². The van der Waals surface area contributed by atoms with E-state index in [1.54, 1.807) is 24.3 Å². The van der Waals surface area contributed by atoms with Crippen molar-refractivity contribution in [3.63, 3.8) is 0 Å². The molecule has 1 fully saturated rings. The normalized spacial score (nSPS) is 19.5. The summed E-state index contributed by atoms with van der Waals surface area (Å²) in [6.07, 6.45) is 4.23. The van der Waals surface area contributed by atoms with Crippen LogP contribution in [0.1, 0.15) is 43.0 Å². The second-order valence-corrected chi connectivity index (χ2v) is 8.06. The average molecular weight is 415 g/mol. The highest BCUT2D eigenvalue weighted by Crippen LogP contribution is 2.29. The van der Waals surface area contributed by atoms with Crippen LogP contribution in [0.5, 0.6) is 11.5 Å². The molecule has 0 radical (unpaired) electrons. The van der Waals surface area contributed by atoms with Gasteiger partial charge in [-0.1, -0.05) is 37.1 Å². The van der Waals surface area contributed by atoms with E-state index in [4.69, 9.17) is 14.7 Å². The molecule has 0 bridgehead atoms. The van der Waals surface area contributed by atoms with Crippen molar-refractivity contribution in [2.75, 3.05) is 11.9 Å². The Bertz CT molecular complexity index is 1270. The third-order valence-corrected chi connectivity index (χ3v) is 6.07. The second kappa shape index (κ2) is 8.02.